The Morgan fingerprint density at radius 3 is 2.53 bits per heavy atom. The van der Waals surface area contributed by atoms with E-state index in [0.29, 0.717) is 17.4 Å². The fourth-order valence-corrected chi connectivity index (χ4v) is 4.67. The number of benzene rings is 2. The number of nitrogens with one attached hydrogen (secondary N) is 2. The van der Waals surface area contributed by atoms with Crippen LogP contribution in [0.5, 0.6) is 0 Å². The first kappa shape index (κ1) is 22.2. The zero-order valence-corrected chi connectivity index (χ0v) is 19.1. The van der Waals surface area contributed by atoms with Crippen LogP contribution in [0.1, 0.15) is 49.2 Å². The second kappa shape index (κ2) is 10.5. The van der Waals surface area contributed by atoms with Gasteiger partial charge in [0, 0.05) is 35.5 Å². The van der Waals surface area contributed by atoms with Gasteiger partial charge < -0.3 is 10.1 Å². The number of carbonyl (C=O) groups excluding carboxylic acids is 1. The van der Waals surface area contributed by atoms with Gasteiger partial charge >= 0.3 is 5.97 Å². The fourth-order valence-electron chi connectivity index (χ4n) is 4.02. The van der Waals surface area contributed by atoms with E-state index in [2.05, 4.69) is 71.2 Å². The molecule has 3 atom stereocenters. The summed E-state index contributed by atoms with van der Waals surface area (Å²) in [6.45, 7) is 4.38. The number of aromatic nitrogens is 1. The Morgan fingerprint density at radius 2 is 1.84 bits per heavy atom. The molecule has 1 saturated heterocycles. The molecule has 2 aromatic carbocycles. The monoisotopic (exact) mass is 448 g/mol. The number of hydrazone groups is 1. The molecule has 2 N–H and O–H groups in total. The number of esters is 1. The minimum Gasteiger partial charge on any atom is -0.466 e. The number of thiazole rings is 1. The highest BCUT2D eigenvalue weighted by Gasteiger charge is 2.33. The normalized spacial score (nSPS) is 21.9. The van der Waals surface area contributed by atoms with E-state index in [9.17, 15) is 4.79 Å². The van der Waals surface area contributed by atoms with Crippen molar-refractivity contribution < 1.29 is 9.53 Å². The second-order valence-corrected chi connectivity index (χ2v) is 8.71. The molecule has 1 aromatic heterocycles. The van der Waals surface area contributed by atoms with Crippen molar-refractivity contribution in [1.82, 2.24) is 10.3 Å². The van der Waals surface area contributed by atoms with Crippen LogP contribution in [-0.2, 0) is 16.0 Å². The van der Waals surface area contributed by atoms with Crippen LogP contribution in [0.4, 0.5) is 5.13 Å². The van der Waals surface area contributed by atoms with E-state index in [0.717, 1.165) is 12.1 Å². The van der Waals surface area contributed by atoms with Gasteiger partial charge in [-0.15, -0.1) is 11.3 Å². The molecular formula is C25H28N4O2S. The third-order valence-electron chi connectivity index (χ3n) is 5.66. The van der Waals surface area contributed by atoms with Crippen LogP contribution < -0.4 is 10.7 Å². The molecule has 2 heterocycles. The molecule has 0 saturated carbocycles. The van der Waals surface area contributed by atoms with Gasteiger partial charge in [-0.1, -0.05) is 67.6 Å². The number of hydrogen-bond acceptors (Lipinski definition) is 7. The maximum atomic E-state index is 11.7. The molecule has 166 valence electrons. The van der Waals surface area contributed by atoms with Crippen molar-refractivity contribution in [3.63, 3.8) is 0 Å². The minimum absolute atomic E-state index is 0.159. The maximum Gasteiger partial charge on any atom is 0.311 e. The zero-order valence-electron chi connectivity index (χ0n) is 18.3. The van der Waals surface area contributed by atoms with Crippen LogP contribution in [-0.4, -0.2) is 23.3 Å². The average molecular weight is 449 g/mol. The molecule has 1 aliphatic heterocycles. The van der Waals surface area contributed by atoms with Gasteiger partial charge in [0.15, 0.2) is 0 Å². The van der Waals surface area contributed by atoms with Crippen molar-refractivity contribution in [2.24, 2.45) is 11.0 Å². The Morgan fingerprint density at radius 1 is 1.16 bits per heavy atom. The van der Waals surface area contributed by atoms with E-state index < -0.39 is 0 Å². The average Bonchev–Trinajstić information content (AvgIpc) is 3.26. The number of hydrogen-bond donors (Lipinski definition) is 2. The SMILES string of the molecule is CCOC(=O)Cc1csc(N/N=C2\CC(c3ccccc3)NC(c3ccccc3)C2C)n1. The molecule has 7 heteroatoms. The molecule has 4 rings (SSSR count). The second-order valence-electron chi connectivity index (χ2n) is 7.85. The summed E-state index contributed by atoms with van der Waals surface area (Å²) in [5, 5.41) is 11.1. The molecule has 3 aromatic rings. The van der Waals surface area contributed by atoms with E-state index in [4.69, 9.17) is 9.84 Å². The molecule has 0 radical (unpaired) electrons. The lowest BCUT2D eigenvalue weighted by molar-refractivity contribution is -0.142. The van der Waals surface area contributed by atoms with Crippen molar-refractivity contribution in [1.29, 1.82) is 0 Å². The van der Waals surface area contributed by atoms with Crippen molar-refractivity contribution in [3.05, 3.63) is 82.9 Å². The topological polar surface area (TPSA) is 75.6 Å². The maximum absolute atomic E-state index is 11.7. The smallest absolute Gasteiger partial charge is 0.311 e. The Bertz CT molecular complexity index is 1050. The number of ether oxygens (including phenoxy) is 1. The van der Waals surface area contributed by atoms with Gasteiger partial charge in [-0.25, -0.2) is 4.98 Å². The largest absolute Gasteiger partial charge is 0.466 e. The first-order valence-corrected chi connectivity index (χ1v) is 11.8. The summed E-state index contributed by atoms with van der Waals surface area (Å²) in [6, 6.07) is 21.3. The van der Waals surface area contributed by atoms with Crippen molar-refractivity contribution in [2.45, 2.75) is 38.8 Å². The van der Waals surface area contributed by atoms with Gasteiger partial charge in [0.25, 0.3) is 0 Å². The van der Waals surface area contributed by atoms with Crippen LogP contribution in [0.2, 0.25) is 0 Å². The van der Waals surface area contributed by atoms with Crippen LogP contribution in [0.15, 0.2) is 71.1 Å². The van der Waals surface area contributed by atoms with Crippen molar-refractivity contribution in [3.8, 4) is 0 Å². The summed E-state index contributed by atoms with van der Waals surface area (Å²) in [6.07, 6.45) is 0.984. The predicted octanol–water partition coefficient (Wildman–Crippen LogP) is 5.13. The van der Waals surface area contributed by atoms with Crippen LogP contribution >= 0.6 is 11.3 Å². The Hall–Kier alpha value is -3.03. The quantitative estimate of drug-likeness (QED) is 0.387. The summed E-state index contributed by atoms with van der Waals surface area (Å²) < 4.78 is 5.00. The standard InChI is InChI=1S/C25H28N4O2S/c1-3-31-23(30)14-20-16-32-25(26-20)29-28-21-15-22(18-10-6-4-7-11-18)27-24(17(21)2)19-12-8-5-9-13-19/h4-13,16-17,22,24,27H,3,14-15H2,1-2H3,(H,26,29)/b28-21+. The molecule has 0 aliphatic carbocycles. The van der Waals surface area contributed by atoms with Gasteiger partial charge in [-0.3, -0.25) is 10.2 Å². The Labute approximate surface area is 192 Å². The highest BCUT2D eigenvalue weighted by atomic mass is 32.1. The Balaban J connectivity index is 1.54. The number of rotatable bonds is 7. The Kier molecular flexibility index (Phi) is 7.29. The molecule has 0 spiro atoms. The molecule has 1 fully saturated rings. The van der Waals surface area contributed by atoms with Crippen molar-refractivity contribution in [2.75, 3.05) is 12.0 Å². The van der Waals surface area contributed by atoms with Gasteiger partial charge in [0.2, 0.25) is 5.13 Å². The van der Waals surface area contributed by atoms with Crippen LogP contribution in [0.3, 0.4) is 0 Å². The van der Waals surface area contributed by atoms with Crippen LogP contribution in [0, 0.1) is 5.92 Å². The minimum atomic E-state index is -0.265. The number of piperidine rings is 1. The summed E-state index contributed by atoms with van der Waals surface area (Å²) in [4.78, 5) is 16.2. The van der Waals surface area contributed by atoms with E-state index >= 15 is 0 Å². The number of nitrogens with zero attached hydrogens (tertiary/aromatic N) is 2. The third kappa shape index (κ3) is 5.41. The summed E-state index contributed by atoms with van der Waals surface area (Å²) in [7, 11) is 0. The predicted molar refractivity (Wildman–Crippen MR) is 129 cm³/mol. The molecule has 0 amide bonds. The van der Waals surface area contributed by atoms with Gasteiger partial charge in [0.1, 0.15) is 0 Å². The molecule has 6 nitrogen and oxygen atoms in total. The van der Waals surface area contributed by atoms with Gasteiger partial charge in [0.05, 0.1) is 18.7 Å². The number of anilines is 1. The molecule has 0 bridgehead atoms. The summed E-state index contributed by atoms with van der Waals surface area (Å²) >= 11 is 1.44. The van der Waals surface area contributed by atoms with Crippen LogP contribution in [0.25, 0.3) is 0 Å². The molecule has 1 aliphatic rings. The first-order chi connectivity index (χ1) is 15.6. The summed E-state index contributed by atoms with van der Waals surface area (Å²) in [5.74, 6) is -0.0529. The highest BCUT2D eigenvalue weighted by Crippen LogP contribution is 2.35. The lowest BCUT2D eigenvalue weighted by Gasteiger charge is -2.37. The third-order valence-corrected chi connectivity index (χ3v) is 6.45. The molecule has 32 heavy (non-hydrogen) atoms. The van der Waals surface area contributed by atoms with Gasteiger partial charge in [-0.2, -0.15) is 5.10 Å². The molecular weight excluding hydrogens is 420 g/mol. The number of carbonyl (C=O) groups is 1. The first-order valence-electron chi connectivity index (χ1n) is 10.9. The van der Waals surface area contributed by atoms with E-state index in [1.165, 1.54) is 22.5 Å². The van der Waals surface area contributed by atoms with Gasteiger partial charge in [-0.05, 0) is 18.1 Å². The zero-order chi connectivity index (χ0) is 22.3. The van der Waals surface area contributed by atoms with Crippen molar-refractivity contribution >= 4 is 28.1 Å². The highest BCUT2D eigenvalue weighted by molar-refractivity contribution is 7.13. The lowest BCUT2D eigenvalue weighted by Crippen LogP contribution is -2.41. The van der Waals surface area contributed by atoms with E-state index in [1.807, 2.05) is 17.5 Å². The fraction of sp³-hybridized carbons (Fsp3) is 0.320. The summed E-state index contributed by atoms with van der Waals surface area (Å²) in [5.41, 5.74) is 7.41. The lowest BCUT2D eigenvalue weighted by atomic mass is 9.81. The molecule has 3 unspecified atom stereocenters. The van der Waals surface area contributed by atoms with E-state index in [-0.39, 0.29) is 30.4 Å². The van der Waals surface area contributed by atoms with E-state index in [1.54, 1.807) is 6.92 Å².